The lowest BCUT2D eigenvalue weighted by molar-refractivity contribution is 0.0264. The molecule has 0 aliphatic carbocycles. The van der Waals surface area contributed by atoms with Gasteiger partial charge in [-0.05, 0) is 12.8 Å². The van der Waals surface area contributed by atoms with Gasteiger partial charge in [-0.15, -0.1) is 0 Å². The van der Waals surface area contributed by atoms with Gasteiger partial charge in [0.05, 0.1) is 13.2 Å². The zero-order valence-corrected chi connectivity index (χ0v) is 13.9. The maximum absolute atomic E-state index is 12.6. The second-order valence-corrected chi connectivity index (χ2v) is 6.54. The van der Waals surface area contributed by atoms with E-state index in [1.54, 1.807) is 11.8 Å². The van der Waals surface area contributed by atoms with E-state index in [0.717, 1.165) is 32.8 Å². The van der Waals surface area contributed by atoms with Crippen molar-refractivity contribution in [3.05, 3.63) is 27.9 Å². The van der Waals surface area contributed by atoms with Crippen molar-refractivity contribution in [2.75, 3.05) is 52.5 Å². The van der Waals surface area contributed by atoms with Gasteiger partial charge in [0.25, 0.3) is 11.5 Å². The van der Waals surface area contributed by atoms with E-state index in [0.29, 0.717) is 18.9 Å². The quantitative estimate of drug-likeness (QED) is 0.739. The molecule has 0 saturated carbocycles. The molecule has 2 saturated heterocycles. The molecule has 2 unspecified atom stereocenters. The van der Waals surface area contributed by atoms with E-state index in [9.17, 15) is 14.7 Å². The van der Waals surface area contributed by atoms with E-state index in [-0.39, 0.29) is 29.9 Å². The number of nitrogens with one attached hydrogen (secondary N) is 1. The minimum atomic E-state index is -0.412. The lowest BCUT2D eigenvalue weighted by Crippen LogP contribution is -2.41. The van der Waals surface area contributed by atoms with E-state index < -0.39 is 5.56 Å². The number of aliphatic hydroxyl groups is 1. The Kier molecular flexibility index (Phi) is 5.27. The number of nitrogens with zero attached hydrogens (tertiary/aromatic N) is 3. The predicted molar refractivity (Wildman–Crippen MR) is 86.8 cm³/mol. The largest absolute Gasteiger partial charge is 0.396 e. The van der Waals surface area contributed by atoms with Gasteiger partial charge in [-0.3, -0.25) is 14.5 Å². The van der Waals surface area contributed by atoms with Crippen LogP contribution in [0.1, 0.15) is 16.2 Å². The molecule has 8 heteroatoms. The third-order valence-electron chi connectivity index (χ3n) is 4.85. The van der Waals surface area contributed by atoms with E-state index in [1.807, 2.05) is 0 Å². The Morgan fingerprint density at radius 2 is 2.08 bits per heavy atom. The first kappa shape index (κ1) is 17.1. The van der Waals surface area contributed by atoms with Crippen LogP contribution in [0.2, 0.25) is 0 Å². The fourth-order valence-corrected chi connectivity index (χ4v) is 3.44. The number of aliphatic hydroxyl groups excluding tert-OH is 1. The first-order valence-corrected chi connectivity index (χ1v) is 8.34. The maximum atomic E-state index is 12.6. The zero-order chi connectivity index (χ0) is 17.1. The maximum Gasteiger partial charge on any atom is 0.263 e. The van der Waals surface area contributed by atoms with Crippen LogP contribution in [-0.4, -0.2) is 83.3 Å². The molecule has 1 aromatic rings. The number of carbonyl (C=O) groups excluding carboxylic acids is 1. The number of hydrogen-bond acceptors (Lipinski definition) is 6. The number of rotatable bonds is 4. The van der Waals surface area contributed by atoms with Gasteiger partial charge in [-0.25, -0.2) is 4.98 Å². The van der Waals surface area contributed by atoms with Gasteiger partial charge in [-0.1, -0.05) is 0 Å². The smallest absolute Gasteiger partial charge is 0.263 e. The van der Waals surface area contributed by atoms with Gasteiger partial charge in [0.2, 0.25) is 0 Å². The van der Waals surface area contributed by atoms with Crippen molar-refractivity contribution in [2.24, 2.45) is 11.8 Å². The molecule has 1 aromatic heterocycles. The summed E-state index contributed by atoms with van der Waals surface area (Å²) in [7, 11) is 0. The lowest BCUT2D eigenvalue weighted by atomic mass is 9.96. The molecule has 0 aromatic carbocycles. The number of aryl methyl sites for hydroxylation is 1. The number of likely N-dealkylation sites (tertiary alicyclic amines) is 1. The molecule has 2 fully saturated rings. The number of morpholine rings is 1. The number of aromatic amines is 1. The summed E-state index contributed by atoms with van der Waals surface area (Å²) in [5.41, 5.74) is -0.353. The second kappa shape index (κ2) is 7.42. The molecule has 3 rings (SSSR count). The number of hydrogen-bond donors (Lipinski definition) is 2. The van der Waals surface area contributed by atoms with E-state index >= 15 is 0 Å². The van der Waals surface area contributed by atoms with Crippen molar-refractivity contribution in [1.29, 1.82) is 0 Å². The third-order valence-corrected chi connectivity index (χ3v) is 4.85. The predicted octanol–water partition coefficient (Wildman–Crippen LogP) is -0.909. The van der Waals surface area contributed by atoms with Gasteiger partial charge in [0.1, 0.15) is 11.4 Å². The summed E-state index contributed by atoms with van der Waals surface area (Å²) in [6.07, 6.45) is 1.33. The Labute approximate surface area is 140 Å². The van der Waals surface area contributed by atoms with Crippen LogP contribution in [0.3, 0.4) is 0 Å². The highest BCUT2D eigenvalue weighted by molar-refractivity contribution is 5.93. The molecule has 8 nitrogen and oxygen atoms in total. The Morgan fingerprint density at radius 3 is 2.75 bits per heavy atom. The molecular weight excluding hydrogens is 312 g/mol. The Bertz CT molecular complexity index is 641. The molecular formula is C16H24N4O4. The van der Waals surface area contributed by atoms with Crippen LogP contribution in [-0.2, 0) is 4.74 Å². The van der Waals surface area contributed by atoms with Crippen molar-refractivity contribution in [1.82, 2.24) is 19.8 Å². The Hall–Kier alpha value is -1.77. The van der Waals surface area contributed by atoms with Crippen molar-refractivity contribution in [3.63, 3.8) is 0 Å². The third kappa shape index (κ3) is 3.66. The van der Waals surface area contributed by atoms with Crippen LogP contribution in [0.4, 0.5) is 0 Å². The standard InChI is InChI=1S/C16H24N4O4/c1-11-17-6-14(15(22)18-11)16(23)20-8-12(13(9-20)10-21)7-19-2-4-24-5-3-19/h6,12-13,21H,2-5,7-10H2,1H3,(H,17,18,22). The fraction of sp³-hybridized carbons (Fsp3) is 0.688. The highest BCUT2D eigenvalue weighted by Gasteiger charge is 2.36. The topological polar surface area (TPSA) is 98.8 Å². The SMILES string of the molecule is Cc1ncc(C(=O)N2CC(CO)C(CN3CCOCC3)C2)c(=O)[nH]1. The average molecular weight is 336 g/mol. The number of carbonyl (C=O) groups is 1. The molecule has 0 bridgehead atoms. The number of ether oxygens (including phenoxy) is 1. The average Bonchev–Trinajstić information content (AvgIpc) is 2.98. The molecule has 24 heavy (non-hydrogen) atoms. The Morgan fingerprint density at radius 1 is 1.38 bits per heavy atom. The van der Waals surface area contributed by atoms with Crippen molar-refractivity contribution < 1.29 is 14.6 Å². The molecule has 0 radical (unpaired) electrons. The highest BCUT2D eigenvalue weighted by Crippen LogP contribution is 2.25. The molecule has 2 N–H and O–H groups in total. The van der Waals surface area contributed by atoms with Crippen LogP contribution >= 0.6 is 0 Å². The fourth-order valence-electron chi connectivity index (χ4n) is 3.44. The lowest BCUT2D eigenvalue weighted by Gasteiger charge is -2.30. The number of amides is 1. The summed E-state index contributed by atoms with van der Waals surface area (Å²) < 4.78 is 5.36. The normalized spacial score (nSPS) is 25.2. The second-order valence-electron chi connectivity index (χ2n) is 6.54. The minimum Gasteiger partial charge on any atom is -0.396 e. The van der Waals surface area contributed by atoms with Crippen LogP contribution in [0.5, 0.6) is 0 Å². The summed E-state index contributed by atoms with van der Waals surface area (Å²) >= 11 is 0. The summed E-state index contributed by atoms with van der Waals surface area (Å²) in [5.74, 6) is 0.409. The molecule has 2 atom stereocenters. The molecule has 0 spiro atoms. The number of aromatic nitrogens is 2. The molecule has 132 valence electrons. The summed E-state index contributed by atoms with van der Waals surface area (Å²) in [4.78, 5) is 35.1. The minimum absolute atomic E-state index is 0.0364. The van der Waals surface area contributed by atoms with Crippen molar-refractivity contribution in [3.8, 4) is 0 Å². The Balaban J connectivity index is 1.68. The van der Waals surface area contributed by atoms with Crippen LogP contribution in [0.25, 0.3) is 0 Å². The van der Waals surface area contributed by atoms with Gasteiger partial charge in [0, 0.05) is 51.4 Å². The first-order chi connectivity index (χ1) is 11.6. The van der Waals surface area contributed by atoms with Crippen LogP contribution in [0.15, 0.2) is 11.0 Å². The molecule has 2 aliphatic heterocycles. The summed E-state index contributed by atoms with van der Waals surface area (Å²) in [5, 5.41) is 9.67. The highest BCUT2D eigenvalue weighted by atomic mass is 16.5. The molecule has 1 amide bonds. The van der Waals surface area contributed by atoms with E-state index in [1.165, 1.54) is 6.20 Å². The van der Waals surface area contributed by atoms with Gasteiger partial charge >= 0.3 is 0 Å². The van der Waals surface area contributed by atoms with Gasteiger partial charge < -0.3 is 19.7 Å². The van der Waals surface area contributed by atoms with Crippen LogP contribution < -0.4 is 5.56 Å². The molecule has 3 heterocycles. The van der Waals surface area contributed by atoms with Crippen molar-refractivity contribution >= 4 is 5.91 Å². The van der Waals surface area contributed by atoms with Gasteiger partial charge in [-0.2, -0.15) is 0 Å². The van der Waals surface area contributed by atoms with Gasteiger partial charge in [0.15, 0.2) is 0 Å². The summed E-state index contributed by atoms with van der Waals surface area (Å²) in [6.45, 7) is 6.78. The summed E-state index contributed by atoms with van der Waals surface area (Å²) in [6, 6.07) is 0. The number of H-pyrrole nitrogens is 1. The van der Waals surface area contributed by atoms with Crippen molar-refractivity contribution in [2.45, 2.75) is 6.92 Å². The van der Waals surface area contributed by atoms with E-state index in [2.05, 4.69) is 14.9 Å². The zero-order valence-electron chi connectivity index (χ0n) is 13.9. The monoisotopic (exact) mass is 336 g/mol. The van der Waals surface area contributed by atoms with Crippen LogP contribution in [0, 0.1) is 18.8 Å². The first-order valence-electron chi connectivity index (χ1n) is 8.34. The van der Waals surface area contributed by atoms with E-state index in [4.69, 9.17) is 4.74 Å². The molecule has 2 aliphatic rings.